The molecule has 110 valence electrons. The maximum absolute atomic E-state index is 12.3. The number of fused-ring (bicyclic) bond motifs is 1. The van der Waals surface area contributed by atoms with Crippen molar-refractivity contribution in [2.75, 3.05) is 7.11 Å². The number of aromatic nitrogens is 2. The molecule has 1 aliphatic rings. The second kappa shape index (κ2) is 6.22. The van der Waals surface area contributed by atoms with Gasteiger partial charge in [-0.25, -0.2) is 4.98 Å². The monoisotopic (exact) mass is 284 g/mol. The van der Waals surface area contributed by atoms with E-state index in [2.05, 4.69) is 4.98 Å². The summed E-state index contributed by atoms with van der Waals surface area (Å²) in [5.74, 6) is 0.671. The van der Waals surface area contributed by atoms with E-state index in [1.165, 1.54) is 6.42 Å². The molecule has 1 aliphatic carbocycles. The third kappa shape index (κ3) is 3.05. The molecule has 21 heavy (non-hydrogen) atoms. The van der Waals surface area contributed by atoms with Crippen molar-refractivity contribution in [3.05, 3.63) is 51.4 Å². The minimum atomic E-state index is 0.0258. The van der Waals surface area contributed by atoms with Gasteiger partial charge >= 0.3 is 0 Å². The highest BCUT2D eigenvalue weighted by atomic mass is 16.5. The SMILES string of the molecule is COCc1ccc(-c2nc3c(c(=O)[nH]2)CCCCC3)cc1. The van der Waals surface area contributed by atoms with Gasteiger partial charge in [-0.1, -0.05) is 30.7 Å². The fourth-order valence-corrected chi connectivity index (χ4v) is 2.84. The zero-order valence-corrected chi connectivity index (χ0v) is 12.3. The summed E-state index contributed by atoms with van der Waals surface area (Å²) in [6, 6.07) is 7.97. The standard InChI is InChI=1S/C17H20N2O2/c1-21-11-12-7-9-13(10-8-12)16-18-15-6-4-2-3-5-14(15)17(20)19-16/h7-10H,2-6,11H2,1H3,(H,18,19,20). The van der Waals surface area contributed by atoms with Crippen molar-refractivity contribution in [3.63, 3.8) is 0 Å². The molecule has 1 heterocycles. The number of ether oxygens (including phenoxy) is 1. The van der Waals surface area contributed by atoms with E-state index in [1.807, 2.05) is 24.3 Å². The molecule has 0 atom stereocenters. The van der Waals surface area contributed by atoms with Crippen LogP contribution in [0.2, 0.25) is 0 Å². The van der Waals surface area contributed by atoms with Gasteiger partial charge in [0, 0.05) is 18.2 Å². The summed E-state index contributed by atoms with van der Waals surface area (Å²) in [7, 11) is 1.68. The van der Waals surface area contributed by atoms with Crippen LogP contribution in [-0.4, -0.2) is 17.1 Å². The van der Waals surface area contributed by atoms with Crippen LogP contribution in [0.3, 0.4) is 0 Å². The number of hydrogen-bond donors (Lipinski definition) is 1. The van der Waals surface area contributed by atoms with Crippen LogP contribution in [0.1, 0.15) is 36.1 Å². The average molecular weight is 284 g/mol. The van der Waals surface area contributed by atoms with Gasteiger partial charge in [0.15, 0.2) is 0 Å². The van der Waals surface area contributed by atoms with E-state index >= 15 is 0 Å². The summed E-state index contributed by atoms with van der Waals surface area (Å²) in [4.78, 5) is 19.9. The Morgan fingerprint density at radius 2 is 1.90 bits per heavy atom. The van der Waals surface area contributed by atoms with Crippen LogP contribution in [0.15, 0.2) is 29.1 Å². The third-order valence-electron chi connectivity index (χ3n) is 3.98. The Bertz CT molecular complexity index is 674. The molecule has 0 saturated carbocycles. The molecule has 4 nitrogen and oxygen atoms in total. The van der Waals surface area contributed by atoms with Crippen LogP contribution in [0.4, 0.5) is 0 Å². The number of nitrogens with one attached hydrogen (secondary N) is 1. The Kier molecular flexibility index (Phi) is 4.15. The quantitative estimate of drug-likeness (QED) is 0.882. The van der Waals surface area contributed by atoms with Crippen LogP contribution in [0, 0.1) is 0 Å². The maximum Gasteiger partial charge on any atom is 0.254 e. The summed E-state index contributed by atoms with van der Waals surface area (Å²) in [6.07, 6.45) is 5.15. The van der Waals surface area contributed by atoms with Crippen molar-refractivity contribution in [1.29, 1.82) is 0 Å². The Hall–Kier alpha value is -1.94. The number of nitrogens with zero attached hydrogens (tertiary/aromatic N) is 1. The summed E-state index contributed by atoms with van der Waals surface area (Å²) in [6.45, 7) is 0.592. The van der Waals surface area contributed by atoms with Gasteiger partial charge < -0.3 is 9.72 Å². The predicted octanol–water partition coefficient (Wildman–Crippen LogP) is 2.85. The second-order valence-corrected chi connectivity index (χ2v) is 5.53. The van der Waals surface area contributed by atoms with E-state index in [9.17, 15) is 4.79 Å². The van der Waals surface area contributed by atoms with E-state index in [1.54, 1.807) is 7.11 Å². The van der Waals surface area contributed by atoms with Gasteiger partial charge in [0.1, 0.15) is 5.82 Å². The Morgan fingerprint density at radius 1 is 1.14 bits per heavy atom. The summed E-state index contributed by atoms with van der Waals surface area (Å²) < 4.78 is 5.11. The minimum absolute atomic E-state index is 0.0258. The number of aryl methyl sites for hydroxylation is 1. The highest BCUT2D eigenvalue weighted by molar-refractivity contribution is 5.55. The van der Waals surface area contributed by atoms with Gasteiger partial charge in [-0.3, -0.25) is 4.79 Å². The molecule has 0 aliphatic heterocycles. The zero-order chi connectivity index (χ0) is 14.7. The first-order valence-electron chi connectivity index (χ1n) is 7.48. The smallest absolute Gasteiger partial charge is 0.254 e. The van der Waals surface area contributed by atoms with Crippen molar-refractivity contribution in [3.8, 4) is 11.4 Å². The molecule has 2 aromatic rings. The third-order valence-corrected chi connectivity index (χ3v) is 3.98. The first kappa shape index (κ1) is 14.0. The molecule has 0 unspecified atom stereocenters. The van der Waals surface area contributed by atoms with Gasteiger partial charge in [0.05, 0.1) is 12.3 Å². The van der Waals surface area contributed by atoms with Crippen molar-refractivity contribution in [2.24, 2.45) is 0 Å². The van der Waals surface area contributed by atoms with Crippen molar-refractivity contribution < 1.29 is 4.74 Å². The normalized spacial score (nSPS) is 14.5. The fraction of sp³-hybridized carbons (Fsp3) is 0.412. The lowest BCUT2D eigenvalue weighted by molar-refractivity contribution is 0.185. The molecule has 0 amide bonds. The van der Waals surface area contributed by atoms with Crippen LogP contribution < -0.4 is 5.56 Å². The van der Waals surface area contributed by atoms with Crippen molar-refractivity contribution in [1.82, 2.24) is 9.97 Å². The maximum atomic E-state index is 12.3. The van der Waals surface area contributed by atoms with E-state index in [0.717, 1.165) is 48.1 Å². The van der Waals surface area contributed by atoms with Crippen LogP contribution >= 0.6 is 0 Å². The molecule has 0 saturated heterocycles. The van der Waals surface area contributed by atoms with E-state index in [4.69, 9.17) is 9.72 Å². The Labute approximate surface area is 124 Å². The van der Waals surface area contributed by atoms with E-state index in [0.29, 0.717) is 12.4 Å². The minimum Gasteiger partial charge on any atom is -0.380 e. The topological polar surface area (TPSA) is 55.0 Å². The summed E-state index contributed by atoms with van der Waals surface area (Å²) in [5.41, 5.74) is 3.94. The lowest BCUT2D eigenvalue weighted by Gasteiger charge is -2.08. The molecule has 1 N–H and O–H groups in total. The molecule has 0 spiro atoms. The molecule has 3 rings (SSSR count). The first-order valence-corrected chi connectivity index (χ1v) is 7.48. The summed E-state index contributed by atoms with van der Waals surface area (Å²) >= 11 is 0. The fourth-order valence-electron chi connectivity index (χ4n) is 2.84. The Balaban J connectivity index is 1.97. The van der Waals surface area contributed by atoms with Gasteiger partial charge in [0.2, 0.25) is 0 Å². The lowest BCUT2D eigenvalue weighted by Crippen LogP contribution is -2.18. The van der Waals surface area contributed by atoms with E-state index in [-0.39, 0.29) is 5.56 Å². The highest BCUT2D eigenvalue weighted by Crippen LogP contribution is 2.20. The van der Waals surface area contributed by atoms with Gasteiger partial charge in [-0.05, 0) is 31.2 Å². The molecular weight excluding hydrogens is 264 g/mol. The first-order chi connectivity index (χ1) is 10.3. The molecule has 0 radical (unpaired) electrons. The van der Waals surface area contributed by atoms with Crippen LogP contribution in [0.25, 0.3) is 11.4 Å². The summed E-state index contributed by atoms with van der Waals surface area (Å²) in [5, 5.41) is 0. The number of rotatable bonds is 3. The number of hydrogen-bond acceptors (Lipinski definition) is 3. The predicted molar refractivity (Wildman–Crippen MR) is 82.3 cm³/mol. The molecule has 1 aromatic heterocycles. The highest BCUT2D eigenvalue weighted by Gasteiger charge is 2.14. The van der Waals surface area contributed by atoms with Crippen LogP contribution in [0.5, 0.6) is 0 Å². The molecule has 0 fully saturated rings. The number of methoxy groups -OCH3 is 1. The van der Waals surface area contributed by atoms with Gasteiger partial charge in [-0.2, -0.15) is 0 Å². The van der Waals surface area contributed by atoms with Crippen LogP contribution in [-0.2, 0) is 24.2 Å². The Morgan fingerprint density at radius 3 is 2.67 bits per heavy atom. The largest absolute Gasteiger partial charge is 0.380 e. The molecule has 4 heteroatoms. The van der Waals surface area contributed by atoms with Crippen molar-refractivity contribution in [2.45, 2.75) is 38.7 Å². The average Bonchev–Trinajstić information content (AvgIpc) is 2.74. The number of aromatic amines is 1. The number of H-pyrrole nitrogens is 1. The van der Waals surface area contributed by atoms with Crippen molar-refractivity contribution >= 4 is 0 Å². The van der Waals surface area contributed by atoms with Gasteiger partial charge in [0.25, 0.3) is 5.56 Å². The second-order valence-electron chi connectivity index (χ2n) is 5.53. The number of benzene rings is 1. The van der Waals surface area contributed by atoms with Gasteiger partial charge in [-0.15, -0.1) is 0 Å². The molecule has 1 aromatic carbocycles. The molecule has 0 bridgehead atoms. The zero-order valence-electron chi connectivity index (χ0n) is 12.3. The van der Waals surface area contributed by atoms with E-state index < -0.39 is 0 Å². The lowest BCUT2D eigenvalue weighted by atomic mass is 10.1. The molecular formula is C17H20N2O2.